The summed E-state index contributed by atoms with van der Waals surface area (Å²) in [6.07, 6.45) is -0.385. The standard InChI is InChI=1S/C17H12F3N3O3S/c1-26-10-7-8(3-4-9(10)17(18,19)20)23-13-14(24)11-12(22-6-5-21-11)15(25)16(13)27-2/h3-7,23H,1-2H3. The normalized spacial score (nSPS) is 14.3. The second-order valence-corrected chi connectivity index (χ2v) is 6.17. The minimum atomic E-state index is -4.58. The van der Waals surface area contributed by atoms with Gasteiger partial charge in [-0.1, -0.05) is 0 Å². The van der Waals surface area contributed by atoms with E-state index in [0.29, 0.717) is 0 Å². The molecule has 1 aromatic heterocycles. The minimum absolute atomic E-state index is 0.0533. The number of benzene rings is 1. The third-order valence-corrected chi connectivity index (χ3v) is 4.57. The van der Waals surface area contributed by atoms with Gasteiger partial charge in [-0.25, -0.2) is 9.97 Å². The fourth-order valence-corrected chi connectivity index (χ4v) is 3.20. The van der Waals surface area contributed by atoms with Gasteiger partial charge in [-0.2, -0.15) is 13.2 Å². The van der Waals surface area contributed by atoms with Crippen LogP contribution in [-0.2, 0) is 6.18 Å². The van der Waals surface area contributed by atoms with Crippen LogP contribution < -0.4 is 10.1 Å². The Balaban J connectivity index is 2.04. The van der Waals surface area contributed by atoms with E-state index in [1.54, 1.807) is 6.26 Å². The Bertz CT molecular complexity index is 973. The number of thioether (sulfide) groups is 1. The molecule has 3 rings (SSSR count). The number of halogens is 3. The molecule has 1 aliphatic carbocycles. The van der Waals surface area contributed by atoms with E-state index >= 15 is 0 Å². The van der Waals surface area contributed by atoms with Crippen LogP contribution in [0.5, 0.6) is 5.75 Å². The zero-order valence-corrected chi connectivity index (χ0v) is 14.9. The van der Waals surface area contributed by atoms with Gasteiger partial charge < -0.3 is 10.1 Å². The van der Waals surface area contributed by atoms with Crippen LogP contribution in [0.3, 0.4) is 0 Å². The number of ether oxygens (including phenoxy) is 1. The number of allylic oxidation sites excluding steroid dienone is 2. The molecule has 27 heavy (non-hydrogen) atoms. The van der Waals surface area contributed by atoms with Gasteiger partial charge in [0.15, 0.2) is 0 Å². The molecule has 2 aromatic rings. The number of nitrogens with zero attached hydrogens (tertiary/aromatic N) is 2. The number of carbonyl (C=O) groups excluding carboxylic acids is 2. The van der Waals surface area contributed by atoms with Gasteiger partial charge in [-0.15, -0.1) is 11.8 Å². The van der Waals surface area contributed by atoms with E-state index in [2.05, 4.69) is 15.3 Å². The molecule has 6 nitrogen and oxygen atoms in total. The number of hydrogen-bond acceptors (Lipinski definition) is 7. The first-order valence-corrected chi connectivity index (χ1v) is 8.71. The van der Waals surface area contributed by atoms with Crippen LogP contribution in [0, 0.1) is 0 Å². The number of carbonyl (C=O) groups is 2. The van der Waals surface area contributed by atoms with Crippen LogP contribution in [0.25, 0.3) is 0 Å². The average molecular weight is 395 g/mol. The Morgan fingerprint density at radius 2 is 1.70 bits per heavy atom. The molecule has 0 aliphatic heterocycles. The molecule has 0 saturated carbocycles. The first-order chi connectivity index (χ1) is 12.8. The van der Waals surface area contributed by atoms with E-state index in [9.17, 15) is 22.8 Å². The molecule has 0 radical (unpaired) electrons. The number of anilines is 1. The molecule has 0 amide bonds. The Hall–Kier alpha value is -2.88. The number of alkyl halides is 3. The van der Waals surface area contributed by atoms with Gasteiger partial charge in [0.2, 0.25) is 11.6 Å². The van der Waals surface area contributed by atoms with E-state index in [0.717, 1.165) is 37.1 Å². The van der Waals surface area contributed by atoms with Crippen molar-refractivity contribution in [1.82, 2.24) is 9.97 Å². The van der Waals surface area contributed by atoms with E-state index < -0.39 is 29.1 Å². The Kier molecular flexibility index (Phi) is 4.92. The number of methoxy groups -OCH3 is 1. The molecular weight excluding hydrogens is 383 g/mol. The van der Waals surface area contributed by atoms with Crippen LogP contribution in [0.4, 0.5) is 18.9 Å². The number of Topliss-reactive ketones (excluding diaryl/α,β-unsaturated/α-hetero) is 2. The summed E-state index contributed by atoms with van der Waals surface area (Å²) >= 11 is 1.03. The molecule has 10 heteroatoms. The number of rotatable bonds is 4. The fourth-order valence-electron chi connectivity index (χ4n) is 2.57. The van der Waals surface area contributed by atoms with Gasteiger partial charge in [0.25, 0.3) is 0 Å². The smallest absolute Gasteiger partial charge is 0.419 e. The summed E-state index contributed by atoms with van der Waals surface area (Å²) in [5, 5.41) is 2.73. The van der Waals surface area contributed by atoms with Gasteiger partial charge >= 0.3 is 6.18 Å². The SMILES string of the molecule is COc1cc(NC2=C(SC)C(=O)c3nccnc3C2=O)ccc1C(F)(F)F. The van der Waals surface area contributed by atoms with Crippen molar-refractivity contribution in [3.63, 3.8) is 0 Å². The predicted octanol–water partition coefficient (Wildman–Crippen LogP) is 3.57. The summed E-state index contributed by atoms with van der Waals surface area (Å²) in [6.45, 7) is 0. The van der Waals surface area contributed by atoms with Crippen molar-refractivity contribution in [1.29, 1.82) is 0 Å². The maximum absolute atomic E-state index is 13.0. The predicted molar refractivity (Wildman–Crippen MR) is 92.9 cm³/mol. The highest BCUT2D eigenvalue weighted by Gasteiger charge is 2.36. The maximum atomic E-state index is 13.0. The van der Waals surface area contributed by atoms with Gasteiger partial charge in [-0.05, 0) is 18.4 Å². The number of nitrogens with one attached hydrogen (secondary N) is 1. The minimum Gasteiger partial charge on any atom is -0.496 e. The molecular formula is C17H12F3N3O3S. The Labute approximate surface area is 155 Å². The quantitative estimate of drug-likeness (QED) is 0.848. The molecule has 0 unspecified atom stereocenters. The van der Waals surface area contributed by atoms with Crippen LogP contribution in [0.15, 0.2) is 41.2 Å². The van der Waals surface area contributed by atoms with Crippen molar-refractivity contribution in [3.05, 3.63) is 58.1 Å². The van der Waals surface area contributed by atoms with Crippen molar-refractivity contribution in [3.8, 4) is 5.75 Å². The number of aromatic nitrogens is 2. The summed E-state index contributed by atoms with van der Waals surface area (Å²) in [5.41, 5.74) is -1.02. The van der Waals surface area contributed by atoms with Gasteiger partial charge in [0.1, 0.15) is 22.8 Å². The summed E-state index contributed by atoms with van der Waals surface area (Å²) in [7, 11) is 1.11. The van der Waals surface area contributed by atoms with Crippen molar-refractivity contribution >= 4 is 29.0 Å². The number of ketones is 2. The Morgan fingerprint density at radius 1 is 1.07 bits per heavy atom. The van der Waals surface area contributed by atoms with Gasteiger partial charge in [0, 0.05) is 24.1 Å². The van der Waals surface area contributed by atoms with E-state index in [4.69, 9.17) is 4.74 Å². The lowest BCUT2D eigenvalue weighted by Gasteiger charge is -2.20. The van der Waals surface area contributed by atoms with Gasteiger partial charge in [-0.3, -0.25) is 9.59 Å². The monoisotopic (exact) mass is 395 g/mol. The van der Waals surface area contributed by atoms with Crippen molar-refractivity contribution in [2.75, 3.05) is 18.7 Å². The molecule has 0 spiro atoms. The number of fused-ring (bicyclic) bond motifs is 1. The largest absolute Gasteiger partial charge is 0.496 e. The molecule has 1 aliphatic rings. The van der Waals surface area contributed by atoms with E-state index in [1.165, 1.54) is 12.4 Å². The first kappa shape index (κ1) is 18.9. The molecule has 1 N–H and O–H groups in total. The van der Waals surface area contributed by atoms with Crippen LogP contribution in [0.1, 0.15) is 26.5 Å². The molecule has 140 valence electrons. The highest BCUT2D eigenvalue weighted by atomic mass is 32.2. The topological polar surface area (TPSA) is 81.2 Å². The molecule has 0 fully saturated rings. The summed E-state index contributed by atoms with van der Waals surface area (Å²) < 4.78 is 43.8. The summed E-state index contributed by atoms with van der Waals surface area (Å²) in [5.74, 6) is -1.46. The highest BCUT2D eigenvalue weighted by molar-refractivity contribution is 8.03. The lowest BCUT2D eigenvalue weighted by Crippen LogP contribution is -2.27. The third-order valence-electron chi connectivity index (χ3n) is 3.77. The van der Waals surface area contributed by atoms with Gasteiger partial charge in [0.05, 0.1) is 17.6 Å². The van der Waals surface area contributed by atoms with Crippen LogP contribution in [0.2, 0.25) is 0 Å². The zero-order chi connectivity index (χ0) is 19.8. The summed E-state index contributed by atoms with van der Waals surface area (Å²) in [4.78, 5) is 33.2. The van der Waals surface area contributed by atoms with Crippen LogP contribution in [-0.4, -0.2) is 34.9 Å². The van der Waals surface area contributed by atoms with Crippen LogP contribution >= 0.6 is 11.8 Å². The summed E-state index contributed by atoms with van der Waals surface area (Å²) in [6, 6.07) is 3.10. The highest BCUT2D eigenvalue weighted by Crippen LogP contribution is 2.38. The molecule has 0 atom stereocenters. The second-order valence-electron chi connectivity index (χ2n) is 5.36. The fraction of sp³-hybridized carbons (Fsp3) is 0.176. The lowest BCUT2D eigenvalue weighted by molar-refractivity contribution is -0.138. The molecule has 1 heterocycles. The maximum Gasteiger partial charge on any atom is 0.419 e. The average Bonchev–Trinajstić information content (AvgIpc) is 2.65. The number of hydrogen-bond donors (Lipinski definition) is 1. The molecule has 0 bridgehead atoms. The zero-order valence-electron chi connectivity index (χ0n) is 14.0. The third kappa shape index (κ3) is 3.39. The van der Waals surface area contributed by atoms with E-state index in [1.807, 2.05) is 0 Å². The first-order valence-electron chi connectivity index (χ1n) is 7.48. The van der Waals surface area contributed by atoms with Crippen molar-refractivity contribution in [2.45, 2.75) is 6.18 Å². The second kappa shape index (κ2) is 7.03. The Morgan fingerprint density at radius 3 is 2.26 bits per heavy atom. The van der Waals surface area contributed by atoms with Crippen molar-refractivity contribution < 1.29 is 27.5 Å². The van der Waals surface area contributed by atoms with Crippen molar-refractivity contribution in [2.24, 2.45) is 0 Å². The lowest BCUT2D eigenvalue weighted by atomic mass is 10.0. The molecule has 0 saturated heterocycles. The van der Waals surface area contributed by atoms with E-state index in [-0.39, 0.29) is 27.7 Å². The molecule has 1 aromatic carbocycles.